The summed E-state index contributed by atoms with van der Waals surface area (Å²) in [5.74, 6) is 0. The molecule has 1 aliphatic rings. The van der Waals surface area contributed by atoms with Gasteiger partial charge in [-0.3, -0.25) is 5.10 Å². The van der Waals surface area contributed by atoms with Crippen LogP contribution < -0.4 is 10.6 Å². The van der Waals surface area contributed by atoms with Gasteiger partial charge >= 0.3 is 0 Å². The molecule has 3 aromatic rings. The maximum atomic E-state index is 5.88. The lowest BCUT2D eigenvalue weighted by Crippen LogP contribution is -2.19. The second-order valence-electron chi connectivity index (χ2n) is 6.19. The Morgan fingerprint density at radius 2 is 1.70 bits per heavy atom. The van der Waals surface area contributed by atoms with Crippen molar-refractivity contribution in [3.05, 3.63) is 65.4 Å². The Bertz CT molecular complexity index is 834. The molecule has 0 fully saturated rings. The summed E-state index contributed by atoms with van der Waals surface area (Å²) >= 11 is 0. The van der Waals surface area contributed by atoms with Gasteiger partial charge in [0, 0.05) is 35.7 Å². The van der Waals surface area contributed by atoms with Crippen LogP contribution in [0, 0.1) is 6.92 Å². The van der Waals surface area contributed by atoms with Crippen molar-refractivity contribution < 1.29 is 0 Å². The summed E-state index contributed by atoms with van der Waals surface area (Å²) in [6.07, 6.45) is 1.07. The Hall–Kier alpha value is -2.75. The number of hydrogen-bond donors (Lipinski definition) is 2. The largest absolute Gasteiger partial charge is 0.399 e. The number of nitrogens with one attached hydrogen (secondary N) is 1. The van der Waals surface area contributed by atoms with Crippen LogP contribution in [-0.4, -0.2) is 16.7 Å². The van der Waals surface area contributed by atoms with Gasteiger partial charge in [-0.15, -0.1) is 0 Å². The lowest BCUT2D eigenvalue weighted by Gasteiger charge is -2.19. The van der Waals surface area contributed by atoms with Gasteiger partial charge in [0.25, 0.3) is 0 Å². The van der Waals surface area contributed by atoms with Crippen LogP contribution in [0.15, 0.2) is 48.5 Å². The topological polar surface area (TPSA) is 57.9 Å². The number of nitrogens with two attached hydrogens (primary N) is 1. The molecule has 2 aromatic carbocycles. The molecule has 3 N–H and O–H groups in total. The van der Waals surface area contributed by atoms with Gasteiger partial charge < -0.3 is 10.6 Å². The zero-order valence-corrected chi connectivity index (χ0v) is 17.2. The van der Waals surface area contributed by atoms with Crippen LogP contribution in [0.5, 0.6) is 0 Å². The summed E-state index contributed by atoms with van der Waals surface area (Å²) in [7, 11) is 0. The minimum atomic E-state index is 0.851. The number of fused-ring (bicyclic) bond motifs is 1. The summed E-state index contributed by atoms with van der Waals surface area (Å²) in [4.78, 5) is 2.42. The Morgan fingerprint density at radius 1 is 1.00 bits per heavy atom. The van der Waals surface area contributed by atoms with E-state index in [0.29, 0.717) is 0 Å². The number of nitrogen functional groups attached to an aromatic ring is 1. The highest BCUT2D eigenvalue weighted by molar-refractivity contribution is 5.64. The minimum Gasteiger partial charge on any atom is -0.399 e. The molecule has 27 heavy (non-hydrogen) atoms. The predicted molar refractivity (Wildman–Crippen MR) is 117 cm³/mol. The van der Waals surface area contributed by atoms with E-state index in [1.807, 2.05) is 40.7 Å². The third-order valence-corrected chi connectivity index (χ3v) is 4.42. The molecular formula is C23H32N4. The van der Waals surface area contributed by atoms with Gasteiger partial charge in [-0.2, -0.15) is 5.10 Å². The molecule has 0 bridgehead atoms. The smallest absolute Gasteiger partial charge is 0.0923 e. The Balaban J connectivity index is 0.000000614. The molecule has 0 radical (unpaired) electrons. The van der Waals surface area contributed by atoms with Crippen molar-refractivity contribution in [3.8, 4) is 11.3 Å². The molecule has 0 amide bonds. The van der Waals surface area contributed by atoms with Gasteiger partial charge in [0.1, 0.15) is 0 Å². The van der Waals surface area contributed by atoms with E-state index in [1.54, 1.807) is 0 Å². The fourth-order valence-corrected chi connectivity index (χ4v) is 3.22. The van der Waals surface area contributed by atoms with E-state index < -0.39 is 0 Å². The number of aryl methyl sites for hydroxylation is 1. The number of aromatic nitrogens is 2. The maximum absolute atomic E-state index is 5.88. The minimum absolute atomic E-state index is 0.851. The van der Waals surface area contributed by atoms with Gasteiger partial charge in [-0.05, 0) is 48.7 Å². The number of rotatable bonds is 3. The third kappa shape index (κ3) is 4.91. The molecule has 4 nitrogen and oxygen atoms in total. The normalized spacial score (nSPS) is 11.8. The van der Waals surface area contributed by atoms with Gasteiger partial charge in [0.15, 0.2) is 0 Å². The van der Waals surface area contributed by atoms with Crippen molar-refractivity contribution in [2.24, 2.45) is 0 Å². The number of benzene rings is 2. The second kappa shape index (κ2) is 9.81. The first-order valence-corrected chi connectivity index (χ1v) is 9.94. The molecule has 0 atom stereocenters. The van der Waals surface area contributed by atoms with Crippen molar-refractivity contribution in [1.29, 1.82) is 0 Å². The summed E-state index contributed by atoms with van der Waals surface area (Å²) < 4.78 is 0. The first-order chi connectivity index (χ1) is 13.2. The van der Waals surface area contributed by atoms with E-state index in [4.69, 9.17) is 5.73 Å². The van der Waals surface area contributed by atoms with Crippen molar-refractivity contribution in [3.63, 3.8) is 0 Å². The first kappa shape index (κ1) is 20.6. The van der Waals surface area contributed by atoms with Crippen LogP contribution >= 0.6 is 0 Å². The van der Waals surface area contributed by atoms with E-state index in [-0.39, 0.29) is 0 Å². The summed E-state index contributed by atoms with van der Waals surface area (Å²) in [6.45, 7) is 12.0. The average molecular weight is 365 g/mol. The third-order valence-electron chi connectivity index (χ3n) is 4.42. The monoisotopic (exact) mass is 364 g/mol. The average Bonchev–Trinajstić information content (AvgIpc) is 3.32. The van der Waals surface area contributed by atoms with Gasteiger partial charge in [-0.25, -0.2) is 0 Å². The van der Waals surface area contributed by atoms with E-state index in [9.17, 15) is 0 Å². The highest BCUT2D eigenvalue weighted by Gasteiger charge is 2.19. The van der Waals surface area contributed by atoms with Crippen molar-refractivity contribution in [1.82, 2.24) is 10.2 Å². The molecule has 0 saturated heterocycles. The molecule has 1 aromatic heterocycles. The molecule has 4 heteroatoms. The van der Waals surface area contributed by atoms with Gasteiger partial charge in [0.2, 0.25) is 0 Å². The molecule has 0 spiro atoms. The highest BCUT2D eigenvalue weighted by atomic mass is 15.1. The first-order valence-electron chi connectivity index (χ1n) is 9.94. The van der Waals surface area contributed by atoms with E-state index in [1.165, 1.54) is 16.8 Å². The quantitative estimate of drug-likeness (QED) is 0.596. The fraction of sp³-hybridized carbons (Fsp3) is 0.348. The van der Waals surface area contributed by atoms with E-state index in [0.717, 1.165) is 42.1 Å². The Kier molecular flexibility index (Phi) is 7.47. The van der Waals surface area contributed by atoms with E-state index in [2.05, 4.69) is 57.6 Å². The number of nitrogens with zero attached hydrogens (tertiary/aromatic N) is 2. The predicted octanol–water partition coefficient (Wildman–Crippen LogP) is 5.58. The molecule has 0 saturated carbocycles. The zero-order valence-electron chi connectivity index (χ0n) is 17.2. The van der Waals surface area contributed by atoms with E-state index >= 15 is 0 Å². The standard InChI is InChI=1S/C19H20N4.2C2H6/c1-13-10-18(22-21-13)15-4-2-14(3-5-15)12-23-9-8-16-11-17(20)6-7-19(16)23;2*1-2/h2-7,10-11H,8-9,12,20H2,1H3,(H,21,22);2*1-2H3. The van der Waals surface area contributed by atoms with Crippen LogP contribution in [0.1, 0.15) is 44.5 Å². The second-order valence-corrected chi connectivity index (χ2v) is 6.19. The lowest BCUT2D eigenvalue weighted by molar-refractivity contribution is 0.836. The van der Waals surface area contributed by atoms with Crippen molar-refractivity contribution in [2.45, 2.75) is 47.6 Å². The summed E-state index contributed by atoms with van der Waals surface area (Å²) in [5.41, 5.74) is 13.9. The Labute approximate surface area is 163 Å². The van der Waals surface area contributed by atoms with Gasteiger partial charge in [0.05, 0.1) is 5.69 Å². The summed E-state index contributed by atoms with van der Waals surface area (Å²) in [5, 5.41) is 7.30. The molecule has 144 valence electrons. The number of anilines is 2. The molecule has 0 aliphatic carbocycles. The SMILES string of the molecule is CC.CC.Cc1cc(-c2ccc(CN3CCc4cc(N)ccc43)cc2)n[nH]1. The van der Waals surface area contributed by atoms with Gasteiger partial charge in [-0.1, -0.05) is 52.0 Å². The number of aromatic amines is 1. The lowest BCUT2D eigenvalue weighted by atomic mass is 10.1. The number of hydrogen-bond acceptors (Lipinski definition) is 3. The van der Waals surface area contributed by atoms with Crippen LogP contribution in [0.25, 0.3) is 11.3 Å². The summed E-state index contributed by atoms with van der Waals surface area (Å²) in [6, 6.07) is 17.0. The Morgan fingerprint density at radius 3 is 2.33 bits per heavy atom. The molecular weight excluding hydrogens is 332 g/mol. The highest BCUT2D eigenvalue weighted by Crippen LogP contribution is 2.31. The molecule has 2 heterocycles. The molecule has 0 unspecified atom stereocenters. The zero-order chi connectivity index (χ0) is 19.8. The van der Waals surface area contributed by atoms with Crippen LogP contribution in [0.3, 0.4) is 0 Å². The molecule has 4 rings (SSSR count). The maximum Gasteiger partial charge on any atom is 0.0923 e. The number of H-pyrrole nitrogens is 1. The molecule has 1 aliphatic heterocycles. The van der Waals surface area contributed by atoms with Crippen molar-refractivity contribution >= 4 is 11.4 Å². The van der Waals surface area contributed by atoms with Crippen LogP contribution in [-0.2, 0) is 13.0 Å². The van der Waals surface area contributed by atoms with Crippen LogP contribution in [0.4, 0.5) is 11.4 Å². The van der Waals surface area contributed by atoms with Crippen molar-refractivity contribution in [2.75, 3.05) is 17.2 Å². The fourth-order valence-electron chi connectivity index (χ4n) is 3.22. The van der Waals surface area contributed by atoms with Crippen LogP contribution in [0.2, 0.25) is 0 Å².